The summed E-state index contributed by atoms with van der Waals surface area (Å²) in [4.78, 5) is 13.0. The Kier molecular flexibility index (Phi) is 4.61. The molecule has 0 radical (unpaired) electrons. The van der Waals surface area contributed by atoms with Gasteiger partial charge in [0.2, 0.25) is 0 Å². The minimum Gasteiger partial charge on any atom is -0.370 e. The highest BCUT2D eigenvalue weighted by Crippen LogP contribution is 2.20. The van der Waals surface area contributed by atoms with Crippen LogP contribution in [0.3, 0.4) is 0 Å². The standard InChI is InChI=1S/C15H19FN4/c1-4-7-17-14-8-13(10(2)3)19-15(20-14)12-6-5-11(16)9-18-12/h5-6,8-10H,4,7H2,1-3H3,(H,17,19,20). The summed E-state index contributed by atoms with van der Waals surface area (Å²) in [6.07, 6.45) is 2.20. The first-order valence-electron chi connectivity index (χ1n) is 6.85. The Labute approximate surface area is 118 Å². The van der Waals surface area contributed by atoms with Crippen molar-refractivity contribution in [2.24, 2.45) is 0 Å². The van der Waals surface area contributed by atoms with Crippen LogP contribution in [-0.4, -0.2) is 21.5 Å². The van der Waals surface area contributed by atoms with Gasteiger partial charge in [-0.25, -0.2) is 19.3 Å². The van der Waals surface area contributed by atoms with Gasteiger partial charge in [-0.15, -0.1) is 0 Å². The van der Waals surface area contributed by atoms with E-state index in [0.29, 0.717) is 17.4 Å². The minimum absolute atomic E-state index is 0.291. The molecule has 0 amide bonds. The number of halogens is 1. The zero-order chi connectivity index (χ0) is 14.5. The van der Waals surface area contributed by atoms with Gasteiger partial charge >= 0.3 is 0 Å². The van der Waals surface area contributed by atoms with Gasteiger partial charge in [0.15, 0.2) is 5.82 Å². The van der Waals surface area contributed by atoms with Crippen molar-refractivity contribution in [1.82, 2.24) is 15.0 Å². The highest BCUT2D eigenvalue weighted by Gasteiger charge is 2.10. The van der Waals surface area contributed by atoms with Crippen LogP contribution in [0.2, 0.25) is 0 Å². The maximum Gasteiger partial charge on any atom is 0.180 e. The summed E-state index contributed by atoms with van der Waals surface area (Å²) in [6.45, 7) is 7.10. The van der Waals surface area contributed by atoms with E-state index in [4.69, 9.17) is 0 Å². The van der Waals surface area contributed by atoms with Crippen molar-refractivity contribution in [2.45, 2.75) is 33.1 Å². The Morgan fingerprint density at radius 3 is 2.65 bits per heavy atom. The maximum absolute atomic E-state index is 12.9. The quantitative estimate of drug-likeness (QED) is 0.904. The van der Waals surface area contributed by atoms with E-state index in [1.54, 1.807) is 6.07 Å². The first kappa shape index (κ1) is 14.4. The van der Waals surface area contributed by atoms with E-state index in [9.17, 15) is 4.39 Å². The van der Waals surface area contributed by atoms with E-state index >= 15 is 0 Å². The molecule has 4 nitrogen and oxygen atoms in total. The summed E-state index contributed by atoms with van der Waals surface area (Å²) in [5.41, 5.74) is 1.52. The molecule has 2 aromatic heterocycles. The number of hydrogen-bond donors (Lipinski definition) is 1. The third-order valence-corrected chi connectivity index (χ3v) is 2.85. The molecule has 2 heterocycles. The first-order chi connectivity index (χ1) is 9.60. The van der Waals surface area contributed by atoms with E-state index in [1.165, 1.54) is 12.3 Å². The number of nitrogens with zero attached hydrogens (tertiary/aromatic N) is 3. The highest BCUT2D eigenvalue weighted by atomic mass is 19.1. The van der Waals surface area contributed by atoms with E-state index < -0.39 is 0 Å². The maximum atomic E-state index is 12.9. The molecule has 0 saturated carbocycles. The lowest BCUT2D eigenvalue weighted by Crippen LogP contribution is -2.06. The van der Waals surface area contributed by atoms with Crippen molar-refractivity contribution in [3.63, 3.8) is 0 Å². The van der Waals surface area contributed by atoms with Gasteiger partial charge in [0.1, 0.15) is 17.3 Å². The van der Waals surface area contributed by atoms with Crippen molar-refractivity contribution in [3.05, 3.63) is 35.9 Å². The Bertz CT molecular complexity index is 567. The molecule has 0 spiro atoms. The lowest BCUT2D eigenvalue weighted by molar-refractivity contribution is 0.621. The van der Waals surface area contributed by atoms with Crippen molar-refractivity contribution < 1.29 is 4.39 Å². The largest absolute Gasteiger partial charge is 0.370 e. The highest BCUT2D eigenvalue weighted by molar-refractivity contribution is 5.53. The number of anilines is 1. The van der Waals surface area contributed by atoms with Gasteiger partial charge in [0.25, 0.3) is 0 Å². The summed E-state index contributed by atoms with van der Waals surface area (Å²) >= 11 is 0. The second-order valence-electron chi connectivity index (χ2n) is 4.94. The number of hydrogen-bond acceptors (Lipinski definition) is 4. The lowest BCUT2D eigenvalue weighted by Gasteiger charge is -2.11. The topological polar surface area (TPSA) is 50.7 Å². The van der Waals surface area contributed by atoms with Crippen LogP contribution in [0.4, 0.5) is 10.2 Å². The Hall–Kier alpha value is -2.04. The van der Waals surface area contributed by atoms with Crippen LogP contribution in [0.15, 0.2) is 24.4 Å². The molecular weight excluding hydrogens is 255 g/mol. The van der Waals surface area contributed by atoms with Gasteiger partial charge in [0, 0.05) is 18.3 Å². The molecule has 0 saturated heterocycles. The Morgan fingerprint density at radius 1 is 1.25 bits per heavy atom. The SMILES string of the molecule is CCCNc1cc(C(C)C)nc(-c2ccc(F)cn2)n1. The molecule has 5 heteroatoms. The predicted octanol–water partition coefficient (Wildman–Crippen LogP) is 3.62. The van der Waals surface area contributed by atoms with Gasteiger partial charge in [-0.3, -0.25) is 0 Å². The average Bonchev–Trinajstić information content (AvgIpc) is 2.45. The van der Waals surface area contributed by atoms with E-state index in [0.717, 1.165) is 24.5 Å². The fourth-order valence-corrected chi connectivity index (χ4v) is 1.73. The Balaban J connectivity index is 2.40. The molecule has 0 aliphatic rings. The predicted molar refractivity (Wildman–Crippen MR) is 78.1 cm³/mol. The van der Waals surface area contributed by atoms with Crippen LogP contribution in [-0.2, 0) is 0 Å². The lowest BCUT2D eigenvalue weighted by atomic mass is 10.1. The number of aromatic nitrogens is 3. The zero-order valence-corrected chi connectivity index (χ0v) is 12.0. The van der Waals surface area contributed by atoms with Crippen LogP contribution >= 0.6 is 0 Å². The molecule has 2 aromatic rings. The molecule has 20 heavy (non-hydrogen) atoms. The molecule has 0 fully saturated rings. The van der Waals surface area contributed by atoms with Gasteiger partial charge in [-0.05, 0) is 24.5 Å². The van der Waals surface area contributed by atoms with Gasteiger partial charge in [0.05, 0.1) is 6.20 Å². The molecule has 0 unspecified atom stereocenters. The minimum atomic E-state index is -0.363. The fourth-order valence-electron chi connectivity index (χ4n) is 1.73. The first-order valence-corrected chi connectivity index (χ1v) is 6.85. The van der Waals surface area contributed by atoms with Crippen molar-refractivity contribution in [1.29, 1.82) is 0 Å². The summed E-state index contributed by atoms with van der Waals surface area (Å²) in [7, 11) is 0. The molecule has 106 valence electrons. The summed E-state index contributed by atoms with van der Waals surface area (Å²) in [6, 6.07) is 4.92. The summed E-state index contributed by atoms with van der Waals surface area (Å²) in [5.74, 6) is 1.24. The number of pyridine rings is 1. The van der Waals surface area contributed by atoms with Crippen LogP contribution in [0.5, 0.6) is 0 Å². The molecule has 0 aliphatic heterocycles. The van der Waals surface area contributed by atoms with E-state index in [2.05, 4.69) is 41.0 Å². The van der Waals surface area contributed by atoms with Gasteiger partial charge in [-0.2, -0.15) is 0 Å². The molecule has 0 bridgehead atoms. The monoisotopic (exact) mass is 274 g/mol. The number of rotatable bonds is 5. The van der Waals surface area contributed by atoms with Crippen LogP contribution in [0, 0.1) is 5.82 Å². The average molecular weight is 274 g/mol. The summed E-state index contributed by atoms with van der Waals surface area (Å²) in [5, 5.41) is 3.26. The van der Waals surface area contributed by atoms with Crippen LogP contribution < -0.4 is 5.32 Å². The molecule has 0 aliphatic carbocycles. The normalized spacial score (nSPS) is 10.8. The van der Waals surface area contributed by atoms with Crippen molar-refractivity contribution in [3.8, 4) is 11.5 Å². The molecule has 0 aromatic carbocycles. The van der Waals surface area contributed by atoms with Crippen LogP contribution in [0.25, 0.3) is 11.5 Å². The molecular formula is C15H19FN4. The third-order valence-electron chi connectivity index (χ3n) is 2.85. The number of nitrogens with one attached hydrogen (secondary N) is 1. The molecule has 1 N–H and O–H groups in total. The zero-order valence-electron chi connectivity index (χ0n) is 12.0. The van der Waals surface area contributed by atoms with Gasteiger partial charge < -0.3 is 5.32 Å². The van der Waals surface area contributed by atoms with Crippen molar-refractivity contribution in [2.75, 3.05) is 11.9 Å². The fraction of sp³-hybridized carbons (Fsp3) is 0.400. The van der Waals surface area contributed by atoms with E-state index in [1.807, 2.05) is 6.07 Å². The van der Waals surface area contributed by atoms with Crippen molar-refractivity contribution >= 4 is 5.82 Å². The third kappa shape index (κ3) is 3.50. The Morgan fingerprint density at radius 2 is 2.05 bits per heavy atom. The van der Waals surface area contributed by atoms with Gasteiger partial charge in [-0.1, -0.05) is 20.8 Å². The van der Waals surface area contributed by atoms with E-state index in [-0.39, 0.29) is 5.82 Å². The molecule has 0 atom stereocenters. The second kappa shape index (κ2) is 6.41. The molecule has 2 rings (SSSR count). The smallest absolute Gasteiger partial charge is 0.180 e. The summed E-state index contributed by atoms with van der Waals surface area (Å²) < 4.78 is 12.9. The van der Waals surface area contributed by atoms with Crippen LogP contribution in [0.1, 0.15) is 38.8 Å². The second-order valence-corrected chi connectivity index (χ2v) is 4.94.